The lowest BCUT2D eigenvalue weighted by atomic mass is 9.84. The highest BCUT2D eigenvalue weighted by Gasteiger charge is 2.41. The zero-order valence-corrected chi connectivity index (χ0v) is 54.3. The average molecular weight is 1240 g/mol. The van der Waals surface area contributed by atoms with Gasteiger partial charge in [0, 0.05) is 74.3 Å². The first kappa shape index (κ1) is 73.6. The van der Waals surface area contributed by atoms with Crippen LogP contribution in [-0.4, -0.2) is 217 Å². The van der Waals surface area contributed by atoms with Crippen molar-refractivity contribution >= 4 is 65.0 Å². The molecule has 8 atom stereocenters. The first-order valence-electron chi connectivity index (χ1n) is 31.4. The Morgan fingerprint density at radius 3 is 1.82 bits per heavy atom. The standard InChI is InChI=1S/C63H100F3N11O11/c1-14-41(6)55-62(88)73(10)37-53(81)71(8)38-54(82)75(12)49(35-44-21-16-15-17-22-44)61(87)72(9)36-50(78)69-46(30-27-43-25-28-45(29-26-43)63(64,65)66)60(86)77-32-20-23-47(77)57(83)67-31-19-18-24-51(79)76(13)56(40(4)5)59(85)68-42(7)34-52(80)74(11)48(33-39(2)3)58(84)70-55/h25-26,28-29,39-42,44,46-49,55-56H,14-24,27,30-38H2,1-13H3,(H,67,83)(H,68,85)(H,69,78)(H,70,84)/t41-,42+,46-,47-,48-,49-,55-,56-/m0/s1. The molecule has 4 N–H and O–H groups in total. The normalized spacial score (nSPS) is 25.7. The molecule has 4 rings (SSSR count). The smallest absolute Gasteiger partial charge is 0.354 e. The van der Waals surface area contributed by atoms with E-state index in [-0.39, 0.29) is 75.3 Å². The van der Waals surface area contributed by atoms with E-state index in [0.29, 0.717) is 37.7 Å². The Labute approximate surface area is 518 Å². The lowest BCUT2D eigenvalue weighted by molar-refractivity contribution is -0.149. The van der Waals surface area contributed by atoms with Crippen LogP contribution in [0.3, 0.4) is 0 Å². The van der Waals surface area contributed by atoms with Crippen molar-refractivity contribution in [1.82, 2.24) is 55.6 Å². The Morgan fingerprint density at radius 2 is 1.22 bits per heavy atom. The number of alkyl halides is 3. The number of nitrogens with one attached hydrogen (secondary N) is 4. The van der Waals surface area contributed by atoms with Crippen molar-refractivity contribution in [2.75, 3.05) is 75.0 Å². The third-order valence-corrected chi connectivity index (χ3v) is 17.5. The Balaban J connectivity index is 1.68. The van der Waals surface area contributed by atoms with Crippen LogP contribution in [0.5, 0.6) is 0 Å². The van der Waals surface area contributed by atoms with Crippen LogP contribution in [0.2, 0.25) is 0 Å². The molecule has 3 fully saturated rings. The van der Waals surface area contributed by atoms with Crippen molar-refractivity contribution in [3.63, 3.8) is 0 Å². The molecule has 22 nitrogen and oxygen atoms in total. The van der Waals surface area contributed by atoms with Gasteiger partial charge in [0.15, 0.2) is 0 Å². The van der Waals surface area contributed by atoms with Crippen molar-refractivity contribution in [2.45, 2.75) is 200 Å². The second kappa shape index (κ2) is 34.2. The largest absolute Gasteiger partial charge is 0.416 e. The summed E-state index contributed by atoms with van der Waals surface area (Å²) in [7, 11) is 8.64. The molecule has 3 aliphatic rings. The molecule has 0 unspecified atom stereocenters. The fourth-order valence-electron chi connectivity index (χ4n) is 11.9. The van der Waals surface area contributed by atoms with Crippen molar-refractivity contribution in [3.8, 4) is 0 Å². The number of carbonyl (C=O) groups excluding carboxylic acids is 11. The first-order chi connectivity index (χ1) is 41.3. The number of aryl methyl sites for hydroxylation is 1. The highest BCUT2D eigenvalue weighted by Crippen LogP contribution is 2.31. The molecule has 2 heterocycles. The summed E-state index contributed by atoms with van der Waals surface area (Å²) in [5.41, 5.74) is -0.414. The van der Waals surface area contributed by atoms with E-state index in [0.717, 1.165) is 58.9 Å². The summed E-state index contributed by atoms with van der Waals surface area (Å²) in [4.78, 5) is 164. The second-order valence-electron chi connectivity index (χ2n) is 25.5. The van der Waals surface area contributed by atoms with Gasteiger partial charge >= 0.3 is 6.18 Å². The highest BCUT2D eigenvalue weighted by molar-refractivity contribution is 5.97. The van der Waals surface area contributed by atoms with Crippen LogP contribution >= 0.6 is 0 Å². The molecule has 0 spiro atoms. The Bertz CT molecular complexity index is 2580. The molecule has 2 saturated heterocycles. The van der Waals surface area contributed by atoms with Gasteiger partial charge in [0.1, 0.15) is 36.3 Å². The summed E-state index contributed by atoms with van der Waals surface area (Å²) >= 11 is 0. The van der Waals surface area contributed by atoms with E-state index in [1.807, 2.05) is 20.8 Å². The minimum Gasteiger partial charge on any atom is -0.354 e. The summed E-state index contributed by atoms with van der Waals surface area (Å²) in [6.45, 7) is 11.4. The predicted molar refractivity (Wildman–Crippen MR) is 325 cm³/mol. The molecule has 1 aromatic rings. The topological polar surface area (TPSA) is 259 Å². The van der Waals surface area contributed by atoms with Crippen molar-refractivity contribution in [2.24, 2.45) is 23.7 Å². The number of amides is 11. The van der Waals surface area contributed by atoms with Gasteiger partial charge in [-0.05, 0) is 99.7 Å². The molecule has 25 heteroatoms. The van der Waals surface area contributed by atoms with E-state index < -0.39 is 139 Å². The summed E-state index contributed by atoms with van der Waals surface area (Å²) < 4.78 is 40.5. The molecular formula is C63H100F3N11O11. The van der Waals surface area contributed by atoms with Crippen LogP contribution in [0.4, 0.5) is 13.2 Å². The summed E-state index contributed by atoms with van der Waals surface area (Å²) in [6.07, 6.45) is 2.04. The minimum absolute atomic E-state index is 0.0292. The second-order valence-corrected chi connectivity index (χ2v) is 25.5. The van der Waals surface area contributed by atoms with Gasteiger partial charge in [-0.1, -0.05) is 92.2 Å². The molecule has 2 aliphatic heterocycles. The Hall–Kier alpha value is -6.82. The number of hydrogen-bond donors (Lipinski definition) is 4. The first-order valence-corrected chi connectivity index (χ1v) is 31.4. The third-order valence-electron chi connectivity index (χ3n) is 17.5. The monoisotopic (exact) mass is 1240 g/mol. The van der Waals surface area contributed by atoms with Crippen molar-refractivity contribution in [3.05, 3.63) is 35.4 Å². The molecule has 11 amide bonds. The van der Waals surface area contributed by atoms with E-state index in [1.54, 1.807) is 27.7 Å². The predicted octanol–water partition coefficient (Wildman–Crippen LogP) is 4.37. The molecule has 494 valence electrons. The number of nitrogens with zero attached hydrogens (tertiary/aromatic N) is 7. The molecule has 0 aromatic heterocycles. The zero-order valence-electron chi connectivity index (χ0n) is 54.3. The zero-order chi connectivity index (χ0) is 65.9. The van der Waals surface area contributed by atoms with Crippen LogP contribution in [0.25, 0.3) is 0 Å². The SMILES string of the molecule is CC[C@H](C)[C@@H]1NC(=O)[C@H](CC(C)C)N(C)C(=O)C[C@@H](C)NC(=O)[C@H](C(C)C)N(C)C(=O)CCCCNC(=O)[C@@H]2CCCN2C(=O)[C@H](CCc2ccc(C(F)(F)F)cc2)NC(=O)CN(C)C(=O)[C@H](CC2CCCCC2)N(C)C(=O)CN(C)C(=O)CN(C)C1=O. The maximum atomic E-state index is 14.6. The van der Waals surface area contributed by atoms with Gasteiger partial charge in [-0.15, -0.1) is 0 Å². The molecular weight excluding hydrogens is 1140 g/mol. The summed E-state index contributed by atoms with van der Waals surface area (Å²) in [6, 6.07) is -2.68. The average Bonchev–Trinajstić information content (AvgIpc) is 3.48. The van der Waals surface area contributed by atoms with Crippen molar-refractivity contribution in [1.29, 1.82) is 0 Å². The van der Waals surface area contributed by atoms with E-state index in [9.17, 15) is 65.9 Å². The van der Waals surface area contributed by atoms with E-state index in [4.69, 9.17) is 0 Å². The summed E-state index contributed by atoms with van der Waals surface area (Å²) in [5, 5.41) is 11.4. The number of rotatable bonds is 10. The maximum Gasteiger partial charge on any atom is 0.416 e. The number of carbonyl (C=O) groups is 11. The Kier molecular flexibility index (Phi) is 28.6. The quantitative estimate of drug-likeness (QED) is 0.256. The summed E-state index contributed by atoms with van der Waals surface area (Å²) in [5.74, 6) is -6.89. The highest BCUT2D eigenvalue weighted by atomic mass is 19.4. The van der Waals surface area contributed by atoms with Crippen LogP contribution in [0, 0.1) is 23.7 Å². The third kappa shape index (κ3) is 21.5. The fourth-order valence-corrected chi connectivity index (χ4v) is 11.9. The van der Waals surface area contributed by atoms with Gasteiger partial charge in [-0.25, -0.2) is 0 Å². The fraction of sp³-hybridized carbons (Fsp3) is 0.730. The molecule has 1 saturated carbocycles. The van der Waals surface area contributed by atoms with Crippen molar-refractivity contribution < 1.29 is 65.9 Å². The minimum atomic E-state index is -4.58. The molecule has 1 aromatic carbocycles. The van der Waals surface area contributed by atoms with E-state index >= 15 is 0 Å². The lowest BCUT2D eigenvalue weighted by Crippen LogP contribution is -2.57. The lowest BCUT2D eigenvalue weighted by Gasteiger charge is -2.35. The molecule has 1 aliphatic carbocycles. The number of benzene rings is 1. The number of fused-ring (bicyclic) bond motifs is 1. The number of halogens is 3. The molecule has 0 bridgehead atoms. The van der Waals surface area contributed by atoms with Gasteiger partial charge in [-0.3, -0.25) is 52.7 Å². The number of likely N-dealkylation sites (N-methyl/N-ethyl adjacent to an activating group) is 6. The van der Waals surface area contributed by atoms with E-state index in [2.05, 4.69) is 21.3 Å². The molecule has 0 radical (unpaired) electrons. The maximum absolute atomic E-state index is 14.6. The van der Waals surface area contributed by atoms with Gasteiger partial charge in [0.2, 0.25) is 65.0 Å². The van der Waals surface area contributed by atoms with Gasteiger partial charge in [-0.2, -0.15) is 13.2 Å². The van der Waals surface area contributed by atoms with Crippen LogP contribution in [0.15, 0.2) is 24.3 Å². The molecule has 88 heavy (non-hydrogen) atoms. The Morgan fingerprint density at radius 1 is 0.602 bits per heavy atom. The van der Waals surface area contributed by atoms with Gasteiger partial charge in [0.05, 0.1) is 25.2 Å². The van der Waals surface area contributed by atoms with E-state index in [1.165, 1.54) is 74.0 Å². The van der Waals surface area contributed by atoms with Gasteiger partial charge < -0.3 is 55.6 Å². The number of hydrogen-bond acceptors (Lipinski definition) is 11. The van der Waals surface area contributed by atoms with Crippen LogP contribution in [-0.2, 0) is 65.3 Å². The van der Waals surface area contributed by atoms with Crippen LogP contribution < -0.4 is 21.3 Å². The van der Waals surface area contributed by atoms with Gasteiger partial charge in [0.25, 0.3) is 0 Å². The van der Waals surface area contributed by atoms with Crippen LogP contribution in [0.1, 0.15) is 156 Å².